The first kappa shape index (κ1) is 18.2. The SMILES string of the molecule is COC(=O)C(c1ccccc1)C(C(=O)c1cccs1)C(=O)c1cccs1. The number of Topliss-reactive ketones (excluding diaryl/α,β-unsaturated/α-hetero) is 2. The van der Waals surface area contributed by atoms with Gasteiger partial charge in [0.2, 0.25) is 0 Å². The van der Waals surface area contributed by atoms with Crippen molar-refractivity contribution < 1.29 is 19.1 Å². The lowest BCUT2D eigenvalue weighted by atomic mass is 9.79. The van der Waals surface area contributed by atoms with Gasteiger partial charge in [-0.05, 0) is 28.5 Å². The molecular weight excluding hydrogens is 368 g/mol. The Morgan fingerprint density at radius 3 is 1.77 bits per heavy atom. The van der Waals surface area contributed by atoms with Crippen molar-refractivity contribution in [2.45, 2.75) is 5.92 Å². The maximum atomic E-state index is 13.2. The number of hydrogen-bond acceptors (Lipinski definition) is 6. The van der Waals surface area contributed by atoms with Crippen LogP contribution in [0.15, 0.2) is 65.4 Å². The van der Waals surface area contributed by atoms with Crippen LogP contribution in [0.2, 0.25) is 0 Å². The second-order valence-corrected chi connectivity index (χ2v) is 7.47. The molecule has 3 rings (SSSR count). The summed E-state index contributed by atoms with van der Waals surface area (Å²) in [6, 6.07) is 15.7. The first-order valence-electron chi connectivity index (χ1n) is 7.91. The molecule has 2 aromatic heterocycles. The molecule has 4 nitrogen and oxygen atoms in total. The fraction of sp³-hybridized carbons (Fsp3) is 0.150. The normalized spacial score (nSPS) is 11.9. The fourth-order valence-corrected chi connectivity index (χ4v) is 4.23. The quantitative estimate of drug-likeness (QED) is 0.343. The van der Waals surface area contributed by atoms with Crippen molar-refractivity contribution in [1.29, 1.82) is 0 Å². The van der Waals surface area contributed by atoms with E-state index in [0.717, 1.165) is 0 Å². The fourth-order valence-electron chi connectivity index (χ4n) is 2.82. The summed E-state index contributed by atoms with van der Waals surface area (Å²) in [7, 11) is 1.26. The molecule has 1 aromatic carbocycles. The standard InChI is InChI=1S/C20H16O4S2/c1-24-20(23)16(13-7-3-2-4-8-13)17(18(21)14-9-5-11-25-14)19(22)15-10-6-12-26-15/h2-12,16-17H,1H3. The van der Waals surface area contributed by atoms with Crippen LogP contribution in [-0.4, -0.2) is 24.6 Å². The maximum absolute atomic E-state index is 13.2. The van der Waals surface area contributed by atoms with Crippen LogP contribution in [0.4, 0.5) is 0 Å². The summed E-state index contributed by atoms with van der Waals surface area (Å²) in [5.41, 5.74) is 0.583. The number of methoxy groups -OCH3 is 1. The topological polar surface area (TPSA) is 60.4 Å². The van der Waals surface area contributed by atoms with E-state index in [1.165, 1.54) is 29.8 Å². The Hall–Kier alpha value is -2.57. The molecule has 132 valence electrons. The predicted molar refractivity (Wildman–Crippen MR) is 102 cm³/mol. The number of rotatable bonds is 7. The number of ether oxygens (including phenoxy) is 1. The number of carbonyl (C=O) groups is 3. The predicted octanol–water partition coefficient (Wildman–Crippen LogP) is 4.45. The van der Waals surface area contributed by atoms with Crippen LogP contribution in [0.25, 0.3) is 0 Å². The molecule has 0 amide bonds. The molecule has 0 aliphatic heterocycles. The van der Waals surface area contributed by atoms with Gasteiger partial charge in [-0.1, -0.05) is 42.5 Å². The summed E-state index contributed by atoms with van der Waals surface area (Å²) < 4.78 is 4.95. The van der Waals surface area contributed by atoms with Crippen molar-refractivity contribution in [1.82, 2.24) is 0 Å². The first-order valence-corrected chi connectivity index (χ1v) is 9.67. The van der Waals surface area contributed by atoms with Gasteiger partial charge in [-0.15, -0.1) is 22.7 Å². The van der Waals surface area contributed by atoms with Crippen LogP contribution in [-0.2, 0) is 9.53 Å². The van der Waals surface area contributed by atoms with Gasteiger partial charge in [0.15, 0.2) is 11.6 Å². The minimum absolute atomic E-state index is 0.363. The highest BCUT2D eigenvalue weighted by molar-refractivity contribution is 7.13. The van der Waals surface area contributed by atoms with E-state index in [1.807, 2.05) is 6.07 Å². The lowest BCUT2D eigenvalue weighted by Crippen LogP contribution is -2.34. The van der Waals surface area contributed by atoms with Crippen molar-refractivity contribution >= 4 is 40.2 Å². The Kier molecular flexibility index (Phi) is 5.75. The van der Waals surface area contributed by atoms with Crippen molar-refractivity contribution in [3.8, 4) is 0 Å². The van der Waals surface area contributed by atoms with Gasteiger partial charge in [-0.2, -0.15) is 0 Å². The summed E-state index contributed by atoms with van der Waals surface area (Å²) in [6.07, 6.45) is 0. The molecule has 26 heavy (non-hydrogen) atoms. The van der Waals surface area contributed by atoms with Gasteiger partial charge < -0.3 is 4.74 Å². The van der Waals surface area contributed by atoms with Crippen molar-refractivity contribution in [2.24, 2.45) is 5.92 Å². The molecule has 0 aliphatic carbocycles. The number of thiophene rings is 2. The van der Waals surface area contributed by atoms with E-state index >= 15 is 0 Å². The smallest absolute Gasteiger partial charge is 0.314 e. The number of carbonyl (C=O) groups excluding carboxylic acids is 3. The minimum atomic E-state index is -1.16. The molecule has 0 bridgehead atoms. The largest absolute Gasteiger partial charge is 0.469 e. The third kappa shape index (κ3) is 3.66. The van der Waals surface area contributed by atoms with E-state index in [0.29, 0.717) is 15.3 Å². The number of ketones is 2. The van der Waals surface area contributed by atoms with Gasteiger partial charge in [0, 0.05) is 0 Å². The van der Waals surface area contributed by atoms with E-state index in [1.54, 1.807) is 59.3 Å². The average molecular weight is 384 g/mol. The van der Waals surface area contributed by atoms with Gasteiger partial charge in [-0.3, -0.25) is 14.4 Å². The Morgan fingerprint density at radius 2 is 1.35 bits per heavy atom. The average Bonchev–Trinajstić information content (AvgIpc) is 3.39. The molecular formula is C20H16O4S2. The molecule has 0 radical (unpaired) electrons. The van der Waals surface area contributed by atoms with Gasteiger partial charge in [0.25, 0.3) is 0 Å². The highest BCUT2D eigenvalue weighted by Gasteiger charge is 2.42. The van der Waals surface area contributed by atoms with Gasteiger partial charge >= 0.3 is 5.97 Å². The van der Waals surface area contributed by atoms with Crippen LogP contribution in [0.5, 0.6) is 0 Å². The summed E-state index contributed by atoms with van der Waals surface area (Å²) in [4.78, 5) is 39.8. The van der Waals surface area contributed by atoms with Crippen LogP contribution >= 0.6 is 22.7 Å². The van der Waals surface area contributed by atoms with Gasteiger partial charge in [-0.25, -0.2) is 0 Å². The molecule has 2 heterocycles. The summed E-state index contributed by atoms with van der Waals surface area (Å²) >= 11 is 2.51. The van der Waals surface area contributed by atoms with E-state index in [-0.39, 0.29) is 11.6 Å². The second kappa shape index (κ2) is 8.21. The molecule has 0 saturated carbocycles. The lowest BCUT2D eigenvalue weighted by molar-refractivity contribution is -0.143. The summed E-state index contributed by atoms with van der Waals surface area (Å²) in [5, 5.41) is 3.55. The third-order valence-corrected chi connectivity index (χ3v) is 5.81. The summed E-state index contributed by atoms with van der Waals surface area (Å²) in [6.45, 7) is 0. The van der Waals surface area contributed by atoms with E-state index in [9.17, 15) is 14.4 Å². The van der Waals surface area contributed by atoms with Crippen LogP contribution in [0.3, 0.4) is 0 Å². The van der Waals surface area contributed by atoms with Crippen LogP contribution < -0.4 is 0 Å². The van der Waals surface area contributed by atoms with E-state index in [2.05, 4.69) is 0 Å². The lowest BCUT2D eigenvalue weighted by Gasteiger charge is -2.23. The highest BCUT2D eigenvalue weighted by Crippen LogP contribution is 2.33. The number of hydrogen-bond donors (Lipinski definition) is 0. The zero-order valence-electron chi connectivity index (χ0n) is 14.0. The second-order valence-electron chi connectivity index (χ2n) is 5.57. The number of esters is 1. The first-order chi connectivity index (χ1) is 12.6. The van der Waals surface area contributed by atoms with E-state index < -0.39 is 17.8 Å². The number of benzene rings is 1. The van der Waals surface area contributed by atoms with Gasteiger partial charge in [0.05, 0.1) is 22.8 Å². The molecule has 1 unspecified atom stereocenters. The summed E-state index contributed by atoms with van der Waals surface area (Å²) in [5.74, 6) is -3.49. The van der Waals surface area contributed by atoms with Crippen molar-refractivity contribution in [3.05, 3.63) is 80.7 Å². The Labute approximate surface area is 159 Å². The van der Waals surface area contributed by atoms with Gasteiger partial charge in [0.1, 0.15) is 5.92 Å². The molecule has 0 N–H and O–H groups in total. The van der Waals surface area contributed by atoms with Crippen molar-refractivity contribution in [3.63, 3.8) is 0 Å². The molecule has 6 heteroatoms. The zero-order valence-corrected chi connectivity index (χ0v) is 15.6. The minimum Gasteiger partial charge on any atom is -0.469 e. The Balaban J connectivity index is 2.12. The molecule has 0 aliphatic rings. The monoisotopic (exact) mass is 384 g/mol. The Bertz CT molecular complexity index is 837. The van der Waals surface area contributed by atoms with Crippen LogP contribution in [0.1, 0.15) is 30.8 Å². The van der Waals surface area contributed by atoms with Crippen molar-refractivity contribution in [2.75, 3.05) is 7.11 Å². The molecule has 3 aromatic rings. The Morgan fingerprint density at radius 1 is 0.808 bits per heavy atom. The molecule has 0 spiro atoms. The molecule has 0 saturated heterocycles. The highest BCUT2D eigenvalue weighted by atomic mass is 32.1. The zero-order chi connectivity index (χ0) is 18.5. The molecule has 1 atom stereocenters. The third-order valence-electron chi connectivity index (χ3n) is 4.04. The maximum Gasteiger partial charge on any atom is 0.314 e. The van der Waals surface area contributed by atoms with Crippen LogP contribution in [0, 0.1) is 5.92 Å². The van der Waals surface area contributed by atoms with E-state index in [4.69, 9.17) is 4.74 Å². The molecule has 0 fully saturated rings.